The Morgan fingerprint density at radius 3 is 2.33 bits per heavy atom. The van der Waals surface area contributed by atoms with Crippen LogP contribution in [-0.2, 0) is 0 Å². The molecule has 1 aliphatic carbocycles. The maximum absolute atomic E-state index is 12.3. The molecule has 2 aliphatic rings. The van der Waals surface area contributed by atoms with Crippen LogP contribution in [0.4, 0.5) is 19.4 Å². The molecule has 0 radical (unpaired) electrons. The predicted octanol–water partition coefficient (Wildman–Crippen LogP) is 4.28. The topological polar surface area (TPSA) is 43.4 Å². The van der Waals surface area contributed by atoms with Crippen LogP contribution in [-0.4, -0.2) is 22.9 Å². The van der Waals surface area contributed by atoms with Gasteiger partial charge in [0.05, 0.1) is 5.56 Å². The zero-order chi connectivity index (χ0) is 15.7. The number of ether oxygens (including phenoxy) is 1. The summed E-state index contributed by atoms with van der Waals surface area (Å²) in [6.07, 6.45) is 0.991. The number of fused-ring (bicyclic) bond motifs is 1. The van der Waals surface area contributed by atoms with Gasteiger partial charge in [-0.15, -0.1) is 0 Å². The van der Waals surface area contributed by atoms with Gasteiger partial charge < -0.3 is 4.74 Å². The molecule has 0 atom stereocenters. The third kappa shape index (κ3) is 2.74. The molecule has 1 spiro atoms. The van der Waals surface area contributed by atoms with E-state index in [0.717, 1.165) is 12.1 Å². The van der Waals surface area contributed by atoms with Crippen LogP contribution in [0.3, 0.4) is 0 Å². The molecule has 3 nitrogen and oxygen atoms in total. The number of halogens is 5. The molecule has 0 unspecified atom stereocenters. The van der Waals surface area contributed by atoms with Gasteiger partial charge in [0, 0.05) is 5.56 Å². The van der Waals surface area contributed by atoms with Crippen LogP contribution < -0.4 is 4.74 Å². The molecule has 1 saturated carbocycles. The highest BCUT2D eigenvalue weighted by Crippen LogP contribution is 2.97. The van der Waals surface area contributed by atoms with Crippen molar-refractivity contribution in [2.45, 2.75) is 18.4 Å². The monoisotopic (exact) mass is 328 g/mol. The summed E-state index contributed by atoms with van der Waals surface area (Å²) >= 11 is 0. The average Bonchev–Trinajstić information content (AvgIpc) is 2.99. The summed E-state index contributed by atoms with van der Waals surface area (Å²) in [5.41, 5.74) is -1.55. The molecular formula is C12H9F5O3S. The maximum Gasteiger partial charge on any atom is 0.292 e. The first-order chi connectivity index (χ1) is 9.28. The summed E-state index contributed by atoms with van der Waals surface area (Å²) in [5, 5.41) is 0. The fraction of sp³-hybridized carbons (Fsp3) is 0.333. The lowest BCUT2D eigenvalue weighted by atomic mass is 10.0. The Bertz CT molecular complexity index is 691. The van der Waals surface area contributed by atoms with E-state index >= 15 is 0 Å². The second-order valence-electron chi connectivity index (χ2n) is 5.33. The normalized spacial score (nSPS) is 22.2. The summed E-state index contributed by atoms with van der Waals surface area (Å²) in [6.45, 7) is 0. The van der Waals surface area contributed by atoms with E-state index in [9.17, 15) is 29.0 Å². The molecule has 9 heteroatoms. The third-order valence-corrected chi connectivity index (χ3v) is 4.18. The minimum Gasteiger partial charge on any atom is -0.478 e. The Labute approximate surface area is 115 Å². The second kappa shape index (κ2) is 3.23. The first kappa shape index (κ1) is 14.3. The zero-order valence-electron chi connectivity index (χ0n) is 10.4. The van der Waals surface area contributed by atoms with Crippen LogP contribution in [0.1, 0.15) is 33.6 Å². The van der Waals surface area contributed by atoms with Crippen LogP contribution in [0.5, 0.6) is 5.75 Å². The summed E-state index contributed by atoms with van der Waals surface area (Å²) < 4.78 is 67.0. The molecule has 116 valence electrons. The van der Waals surface area contributed by atoms with Gasteiger partial charge in [-0.3, -0.25) is 9.59 Å². The van der Waals surface area contributed by atoms with Crippen molar-refractivity contribution < 1.29 is 33.8 Å². The zero-order valence-corrected chi connectivity index (χ0v) is 11.2. The molecular weight excluding hydrogens is 319 g/mol. The van der Waals surface area contributed by atoms with Gasteiger partial charge in [-0.2, -0.15) is 0 Å². The highest BCUT2D eigenvalue weighted by molar-refractivity contribution is 8.46. The van der Waals surface area contributed by atoms with Gasteiger partial charge in [-0.25, -0.2) is 0 Å². The highest BCUT2D eigenvalue weighted by Gasteiger charge is 2.65. The Kier molecular flexibility index (Phi) is 2.20. The molecule has 3 rings (SSSR count). The van der Waals surface area contributed by atoms with Crippen LogP contribution >= 0.6 is 10.2 Å². The van der Waals surface area contributed by atoms with Crippen LogP contribution in [0.15, 0.2) is 18.2 Å². The van der Waals surface area contributed by atoms with Crippen molar-refractivity contribution in [3.8, 4) is 5.75 Å². The van der Waals surface area contributed by atoms with Crippen molar-refractivity contribution in [3.63, 3.8) is 0 Å². The second-order valence-corrected chi connectivity index (χ2v) is 7.88. The number of hydrogen-bond donors (Lipinski definition) is 0. The van der Waals surface area contributed by atoms with Gasteiger partial charge in [-0.1, -0.05) is 19.4 Å². The number of carbonyl (C=O) groups excluding carboxylic acids is 2. The fourth-order valence-electron chi connectivity index (χ4n) is 2.25. The highest BCUT2D eigenvalue weighted by atomic mass is 32.5. The number of hydrogen-bond acceptors (Lipinski definition) is 3. The molecule has 1 heterocycles. The molecule has 1 aliphatic heterocycles. The summed E-state index contributed by atoms with van der Waals surface area (Å²) in [5.74, 6) is -4.82. The van der Waals surface area contributed by atoms with E-state index in [1.54, 1.807) is 0 Å². The Hall–Kier alpha value is -1.64. The summed E-state index contributed by atoms with van der Waals surface area (Å²) in [6, 6.07) is 3.02. The van der Waals surface area contributed by atoms with E-state index in [4.69, 9.17) is 4.74 Å². The first-order valence-electron chi connectivity index (χ1n) is 5.93. The average molecular weight is 328 g/mol. The van der Waals surface area contributed by atoms with Crippen molar-refractivity contribution in [3.05, 3.63) is 29.3 Å². The van der Waals surface area contributed by atoms with Crippen LogP contribution in [0, 0.1) is 0 Å². The third-order valence-electron chi connectivity index (χ3n) is 3.37. The molecule has 1 aromatic carbocycles. The van der Waals surface area contributed by atoms with E-state index in [2.05, 4.69) is 0 Å². The van der Waals surface area contributed by atoms with Crippen molar-refractivity contribution >= 4 is 21.8 Å². The van der Waals surface area contributed by atoms with Gasteiger partial charge in [0.2, 0.25) is 5.78 Å². The Morgan fingerprint density at radius 2 is 1.81 bits per heavy atom. The number of carbonyl (C=O) groups is 2. The SMILES string of the molecule is O=C(CS(F)(F)(F)(F)F)c1ccc2c(c1)C(=O)C1(CC1)O2. The molecule has 1 aromatic rings. The van der Waals surface area contributed by atoms with Crippen molar-refractivity contribution in [1.29, 1.82) is 0 Å². The van der Waals surface area contributed by atoms with Crippen LogP contribution in [0.2, 0.25) is 0 Å². The largest absolute Gasteiger partial charge is 0.478 e. The summed E-state index contributed by atoms with van der Waals surface area (Å²) in [4.78, 5) is 23.4. The van der Waals surface area contributed by atoms with Gasteiger partial charge in [0.25, 0.3) is 10.2 Å². The van der Waals surface area contributed by atoms with Gasteiger partial charge in [-0.05, 0) is 31.0 Å². The molecule has 1 fully saturated rings. The minimum absolute atomic E-state index is 0.0273. The van der Waals surface area contributed by atoms with E-state index in [1.165, 1.54) is 6.07 Å². The van der Waals surface area contributed by atoms with Gasteiger partial charge in [0.1, 0.15) is 5.75 Å². The minimum atomic E-state index is -9.83. The lowest BCUT2D eigenvalue weighted by Gasteiger charge is -2.39. The first-order valence-corrected chi connectivity index (χ1v) is 8.05. The number of ketones is 2. The van der Waals surface area contributed by atoms with E-state index in [1.807, 2.05) is 0 Å². The molecule has 0 amide bonds. The fourth-order valence-corrected chi connectivity index (χ4v) is 2.91. The van der Waals surface area contributed by atoms with Gasteiger partial charge >= 0.3 is 0 Å². The quantitative estimate of drug-likeness (QED) is 0.614. The lowest BCUT2D eigenvalue weighted by molar-refractivity contribution is 0.0820. The van der Waals surface area contributed by atoms with E-state index in [-0.39, 0.29) is 11.3 Å². The molecule has 0 aromatic heterocycles. The van der Waals surface area contributed by atoms with Crippen molar-refractivity contribution in [2.75, 3.05) is 5.75 Å². The summed E-state index contributed by atoms with van der Waals surface area (Å²) in [7, 11) is -9.83. The Balaban J connectivity index is 1.91. The van der Waals surface area contributed by atoms with Crippen LogP contribution in [0.25, 0.3) is 0 Å². The molecule has 0 N–H and O–H groups in total. The molecule has 21 heavy (non-hydrogen) atoms. The van der Waals surface area contributed by atoms with E-state index < -0.39 is 38.7 Å². The standard InChI is InChI=1S/C12H9F5O3S/c13-21(14,15,16,17)6-9(18)7-1-2-10-8(5-7)11(19)12(20-10)3-4-12/h1-2,5H,3-4,6H2. The molecule has 0 saturated heterocycles. The Morgan fingerprint density at radius 1 is 1.19 bits per heavy atom. The lowest BCUT2D eigenvalue weighted by Crippen LogP contribution is -2.22. The predicted molar refractivity (Wildman–Crippen MR) is 65.7 cm³/mol. The smallest absolute Gasteiger partial charge is 0.292 e. The number of Topliss-reactive ketones (excluding diaryl/α,β-unsaturated/α-hetero) is 2. The number of rotatable bonds is 3. The van der Waals surface area contributed by atoms with E-state index in [0.29, 0.717) is 12.8 Å². The molecule has 0 bridgehead atoms. The van der Waals surface area contributed by atoms with Crippen molar-refractivity contribution in [1.82, 2.24) is 0 Å². The maximum atomic E-state index is 12.3. The number of benzene rings is 1. The van der Waals surface area contributed by atoms with Gasteiger partial charge in [0.15, 0.2) is 17.1 Å². The van der Waals surface area contributed by atoms with Crippen molar-refractivity contribution in [2.24, 2.45) is 0 Å².